The van der Waals surface area contributed by atoms with Gasteiger partial charge in [-0.2, -0.15) is 0 Å². The van der Waals surface area contributed by atoms with Crippen molar-refractivity contribution in [2.45, 2.75) is 31.9 Å². The highest BCUT2D eigenvalue weighted by Crippen LogP contribution is 2.29. The van der Waals surface area contributed by atoms with Gasteiger partial charge >= 0.3 is 11.9 Å². The smallest absolute Gasteiger partial charge is 0.328 e. The standard InChI is InChI=1S/C18H22N2O2.C4H4O4/c1-12-2-3-14-10-15(4-5-17(14)22-12)18(21)19-16-11-20-8-6-13(16)7-9-20;5-3(6)1-2-4(7)8/h2-5,10,12-13,16H,6-9,11H2,1H3,(H,19,21);1-2H,(H,5,6)(H,7,8)/t12?,16-;/m0./s1. The number of hydrogen-bond acceptors (Lipinski definition) is 5. The first-order chi connectivity index (χ1) is 14.3. The minimum atomic E-state index is -1.26. The second-order valence-electron chi connectivity index (χ2n) is 7.66. The summed E-state index contributed by atoms with van der Waals surface area (Å²) in [4.78, 5) is 34.1. The molecule has 1 aromatic rings. The third kappa shape index (κ3) is 5.70. The van der Waals surface area contributed by atoms with Gasteiger partial charge in [0.25, 0.3) is 5.91 Å². The maximum atomic E-state index is 12.5. The molecule has 8 heteroatoms. The molecule has 160 valence electrons. The van der Waals surface area contributed by atoms with Crippen molar-refractivity contribution in [2.75, 3.05) is 19.6 Å². The lowest BCUT2D eigenvalue weighted by molar-refractivity contribution is -0.134. The average molecular weight is 414 g/mol. The number of carbonyl (C=O) groups is 3. The molecule has 0 radical (unpaired) electrons. The van der Waals surface area contributed by atoms with Crippen molar-refractivity contribution in [3.05, 3.63) is 47.6 Å². The number of ether oxygens (including phenoxy) is 1. The molecule has 2 bridgehead atoms. The third-order valence-corrected chi connectivity index (χ3v) is 5.47. The molecule has 8 nitrogen and oxygen atoms in total. The van der Waals surface area contributed by atoms with Gasteiger partial charge < -0.3 is 25.2 Å². The van der Waals surface area contributed by atoms with E-state index in [-0.39, 0.29) is 12.0 Å². The summed E-state index contributed by atoms with van der Waals surface area (Å²) in [6.07, 6.45) is 7.68. The number of nitrogens with one attached hydrogen (secondary N) is 1. The van der Waals surface area contributed by atoms with Crippen LogP contribution in [0.25, 0.3) is 6.08 Å². The van der Waals surface area contributed by atoms with Gasteiger partial charge in [-0.15, -0.1) is 0 Å². The van der Waals surface area contributed by atoms with Crippen molar-refractivity contribution >= 4 is 23.9 Å². The molecule has 0 aromatic heterocycles. The summed E-state index contributed by atoms with van der Waals surface area (Å²) >= 11 is 0. The van der Waals surface area contributed by atoms with Gasteiger partial charge in [0.05, 0.1) is 0 Å². The second-order valence-corrected chi connectivity index (χ2v) is 7.66. The molecule has 4 aliphatic rings. The molecule has 30 heavy (non-hydrogen) atoms. The quantitative estimate of drug-likeness (QED) is 0.646. The number of fused-ring (bicyclic) bond motifs is 4. The van der Waals surface area contributed by atoms with Gasteiger partial charge in [0, 0.05) is 35.9 Å². The van der Waals surface area contributed by atoms with E-state index in [4.69, 9.17) is 14.9 Å². The Morgan fingerprint density at radius 2 is 1.80 bits per heavy atom. The summed E-state index contributed by atoms with van der Waals surface area (Å²) in [5.41, 5.74) is 1.71. The summed E-state index contributed by atoms with van der Waals surface area (Å²) in [6.45, 7) is 5.39. The average Bonchev–Trinajstić information content (AvgIpc) is 2.73. The van der Waals surface area contributed by atoms with Crippen molar-refractivity contribution in [1.82, 2.24) is 10.2 Å². The Kier molecular flexibility index (Phi) is 6.89. The van der Waals surface area contributed by atoms with Gasteiger partial charge in [0.15, 0.2) is 0 Å². The predicted molar refractivity (Wildman–Crippen MR) is 110 cm³/mol. The van der Waals surface area contributed by atoms with E-state index in [2.05, 4.69) is 10.2 Å². The van der Waals surface area contributed by atoms with Crippen molar-refractivity contribution in [3.63, 3.8) is 0 Å². The van der Waals surface area contributed by atoms with Crippen molar-refractivity contribution in [3.8, 4) is 5.75 Å². The molecule has 3 N–H and O–H groups in total. The van der Waals surface area contributed by atoms with Crippen LogP contribution in [0.4, 0.5) is 0 Å². The van der Waals surface area contributed by atoms with E-state index in [0.29, 0.717) is 24.1 Å². The van der Waals surface area contributed by atoms with E-state index >= 15 is 0 Å². The SMILES string of the molecule is CC1C=Cc2cc(C(=O)N[C@H]3CN4CCC3CC4)ccc2O1.O=C(O)C=CC(=O)O. The first-order valence-corrected chi connectivity index (χ1v) is 9.98. The van der Waals surface area contributed by atoms with Crippen LogP contribution < -0.4 is 10.1 Å². The Morgan fingerprint density at radius 3 is 2.37 bits per heavy atom. The van der Waals surface area contributed by atoms with Crippen LogP contribution in [0.2, 0.25) is 0 Å². The zero-order valence-electron chi connectivity index (χ0n) is 16.8. The van der Waals surface area contributed by atoms with Crippen LogP contribution in [-0.2, 0) is 9.59 Å². The fraction of sp³-hybridized carbons (Fsp3) is 0.409. The molecule has 0 saturated carbocycles. The van der Waals surface area contributed by atoms with Crippen LogP contribution in [-0.4, -0.2) is 64.7 Å². The lowest BCUT2D eigenvalue weighted by atomic mass is 9.84. The number of amides is 1. The molecular weight excluding hydrogens is 388 g/mol. The van der Waals surface area contributed by atoms with E-state index in [1.54, 1.807) is 0 Å². The van der Waals surface area contributed by atoms with E-state index < -0.39 is 11.9 Å². The molecular formula is C22H26N2O6. The topological polar surface area (TPSA) is 116 Å². The Balaban J connectivity index is 0.000000275. The molecule has 1 unspecified atom stereocenters. The normalized spacial score (nSPS) is 26.2. The molecule has 0 aliphatic carbocycles. The van der Waals surface area contributed by atoms with E-state index in [1.807, 2.05) is 37.3 Å². The summed E-state index contributed by atoms with van der Waals surface area (Å²) < 4.78 is 5.73. The number of nitrogens with zero attached hydrogens (tertiary/aromatic N) is 1. The lowest BCUT2D eigenvalue weighted by Crippen LogP contribution is -2.57. The summed E-state index contributed by atoms with van der Waals surface area (Å²) in [6, 6.07) is 5.99. The Hall–Kier alpha value is -3.13. The Morgan fingerprint density at radius 1 is 1.13 bits per heavy atom. The monoisotopic (exact) mass is 414 g/mol. The van der Waals surface area contributed by atoms with E-state index in [9.17, 15) is 14.4 Å². The van der Waals surface area contributed by atoms with Crippen molar-refractivity contribution in [1.29, 1.82) is 0 Å². The molecule has 1 amide bonds. The van der Waals surface area contributed by atoms with Crippen LogP contribution in [0, 0.1) is 5.92 Å². The number of carboxylic acid groups (broad SMARTS) is 2. The summed E-state index contributed by atoms with van der Waals surface area (Å²) in [5, 5.41) is 18.9. The maximum Gasteiger partial charge on any atom is 0.328 e. The molecule has 3 saturated heterocycles. The molecule has 0 spiro atoms. The fourth-order valence-electron chi connectivity index (χ4n) is 3.93. The molecule has 5 rings (SSSR count). The summed E-state index contributed by atoms with van der Waals surface area (Å²) in [7, 11) is 0. The predicted octanol–water partition coefficient (Wildman–Crippen LogP) is 2.02. The van der Waals surface area contributed by atoms with Gasteiger partial charge in [0.2, 0.25) is 0 Å². The molecule has 3 fully saturated rings. The largest absolute Gasteiger partial charge is 0.486 e. The van der Waals surface area contributed by atoms with Gasteiger partial charge in [-0.1, -0.05) is 6.08 Å². The molecule has 4 heterocycles. The number of aliphatic carboxylic acids is 2. The highest BCUT2D eigenvalue weighted by molar-refractivity contribution is 5.95. The van der Waals surface area contributed by atoms with Crippen LogP contribution in [0.3, 0.4) is 0 Å². The van der Waals surface area contributed by atoms with Gasteiger partial charge in [-0.25, -0.2) is 9.59 Å². The zero-order chi connectivity index (χ0) is 21.7. The number of piperidine rings is 3. The number of carbonyl (C=O) groups excluding carboxylic acids is 1. The van der Waals surface area contributed by atoms with Gasteiger partial charge in [-0.05, 0) is 63.0 Å². The third-order valence-electron chi connectivity index (χ3n) is 5.47. The molecule has 2 atom stereocenters. The van der Waals surface area contributed by atoms with Gasteiger partial charge in [-0.3, -0.25) is 4.79 Å². The minimum Gasteiger partial charge on any atom is -0.486 e. The maximum absolute atomic E-state index is 12.5. The molecule has 4 aliphatic heterocycles. The lowest BCUT2D eigenvalue weighted by Gasteiger charge is -2.44. The zero-order valence-corrected chi connectivity index (χ0v) is 16.8. The molecule has 1 aromatic carbocycles. The number of hydrogen-bond donors (Lipinski definition) is 3. The number of rotatable bonds is 4. The van der Waals surface area contributed by atoms with Gasteiger partial charge in [0.1, 0.15) is 11.9 Å². The second kappa shape index (κ2) is 9.58. The number of benzene rings is 1. The highest BCUT2D eigenvalue weighted by atomic mass is 16.5. The number of carboxylic acids is 2. The van der Waals surface area contributed by atoms with E-state index in [0.717, 1.165) is 23.4 Å². The highest BCUT2D eigenvalue weighted by Gasteiger charge is 2.35. The van der Waals surface area contributed by atoms with Crippen LogP contribution in [0.1, 0.15) is 35.7 Å². The first kappa shape index (κ1) is 21.6. The van der Waals surface area contributed by atoms with Crippen LogP contribution in [0.5, 0.6) is 5.75 Å². The fourth-order valence-corrected chi connectivity index (χ4v) is 3.93. The first-order valence-electron chi connectivity index (χ1n) is 9.98. The minimum absolute atomic E-state index is 0.0357. The Labute approximate surface area is 174 Å². The van der Waals surface area contributed by atoms with Crippen LogP contribution in [0.15, 0.2) is 36.4 Å². The van der Waals surface area contributed by atoms with E-state index in [1.165, 1.54) is 25.9 Å². The Bertz CT molecular complexity index is 854. The van der Waals surface area contributed by atoms with Crippen LogP contribution >= 0.6 is 0 Å². The van der Waals surface area contributed by atoms with Crippen molar-refractivity contribution < 1.29 is 29.3 Å². The van der Waals surface area contributed by atoms with Crippen molar-refractivity contribution in [2.24, 2.45) is 5.92 Å². The summed E-state index contributed by atoms with van der Waals surface area (Å²) in [5.74, 6) is -0.974.